The molecule has 0 aliphatic carbocycles. The van der Waals surface area contributed by atoms with Gasteiger partial charge in [0.2, 0.25) is 5.54 Å². The molecule has 0 spiro atoms. The molecule has 0 heterocycles. The largest absolute Gasteiger partial charge is 0.497 e. The molecule has 0 aliphatic heterocycles. The predicted molar refractivity (Wildman–Crippen MR) is 83.0 cm³/mol. The van der Waals surface area contributed by atoms with Crippen LogP contribution in [0.2, 0.25) is 0 Å². The quantitative estimate of drug-likeness (QED) is 0.893. The van der Waals surface area contributed by atoms with Crippen molar-refractivity contribution in [3.05, 3.63) is 54.1 Å². The molecule has 0 amide bonds. The summed E-state index contributed by atoms with van der Waals surface area (Å²) in [5, 5.41) is 11.7. The monoisotopic (exact) mass is 336 g/mol. The first-order chi connectivity index (χ1) is 11.4. The summed E-state index contributed by atoms with van der Waals surface area (Å²) in [6.45, 7) is 0. The van der Waals surface area contributed by atoms with Crippen molar-refractivity contribution in [2.24, 2.45) is 0 Å². The summed E-state index contributed by atoms with van der Waals surface area (Å²) >= 11 is 0. The highest BCUT2D eigenvalue weighted by Gasteiger charge is 2.57. The van der Waals surface area contributed by atoms with Gasteiger partial charge in [0.15, 0.2) is 0 Å². The molecule has 0 bridgehead atoms. The van der Waals surface area contributed by atoms with E-state index in [-0.39, 0.29) is 11.3 Å². The fraction of sp³-hybridized carbons (Fsp3) is 0.235. The molecule has 1 N–H and O–H groups in total. The SMILES string of the molecule is COc1ccc(N[C@@](C#N)(c2ccc(OC)cc2)C(F)(F)F)cc1. The average Bonchev–Trinajstić information content (AvgIpc) is 2.59. The van der Waals surface area contributed by atoms with Gasteiger partial charge in [0.25, 0.3) is 0 Å². The predicted octanol–water partition coefficient (Wildman–Crippen LogP) is 4.10. The van der Waals surface area contributed by atoms with E-state index in [2.05, 4.69) is 5.32 Å². The molecule has 0 unspecified atom stereocenters. The number of benzene rings is 2. The van der Waals surface area contributed by atoms with E-state index >= 15 is 0 Å². The number of hydrogen-bond donors (Lipinski definition) is 1. The molecule has 0 aliphatic rings. The van der Waals surface area contributed by atoms with E-state index < -0.39 is 11.7 Å². The van der Waals surface area contributed by atoms with Crippen LogP contribution < -0.4 is 14.8 Å². The van der Waals surface area contributed by atoms with E-state index in [0.29, 0.717) is 11.5 Å². The standard InChI is InChI=1S/C17H15F3N2O2/c1-23-14-7-3-12(4-8-14)16(11-21,17(18,19)20)22-13-5-9-15(24-2)10-6-13/h3-10,22H,1-2H3/t16-/m0/s1. The zero-order valence-corrected chi connectivity index (χ0v) is 13.0. The van der Waals surface area contributed by atoms with Gasteiger partial charge in [-0.2, -0.15) is 18.4 Å². The third-order valence-electron chi connectivity index (χ3n) is 3.54. The van der Waals surface area contributed by atoms with Crippen LogP contribution in [0.25, 0.3) is 0 Å². The second-order valence-corrected chi connectivity index (χ2v) is 4.94. The van der Waals surface area contributed by atoms with Gasteiger partial charge < -0.3 is 14.8 Å². The number of nitrogens with one attached hydrogen (secondary N) is 1. The van der Waals surface area contributed by atoms with Gasteiger partial charge in [-0.25, -0.2) is 0 Å². The van der Waals surface area contributed by atoms with Crippen LogP contribution in [0, 0.1) is 11.3 Å². The highest BCUT2D eigenvalue weighted by atomic mass is 19.4. The van der Waals surface area contributed by atoms with Crippen LogP contribution in [0.1, 0.15) is 5.56 Å². The Morgan fingerprint density at radius 2 is 1.33 bits per heavy atom. The van der Waals surface area contributed by atoms with Crippen LogP contribution >= 0.6 is 0 Å². The van der Waals surface area contributed by atoms with Crippen molar-refractivity contribution in [3.8, 4) is 17.6 Å². The minimum atomic E-state index is -4.84. The molecule has 1 atom stereocenters. The van der Waals surface area contributed by atoms with Crippen molar-refractivity contribution in [2.75, 3.05) is 19.5 Å². The number of alkyl halides is 3. The van der Waals surface area contributed by atoms with Crippen LogP contribution in [0.15, 0.2) is 48.5 Å². The van der Waals surface area contributed by atoms with E-state index in [9.17, 15) is 18.4 Å². The summed E-state index contributed by atoms with van der Waals surface area (Å²) in [6.07, 6.45) is -4.84. The van der Waals surface area contributed by atoms with Crippen molar-refractivity contribution in [2.45, 2.75) is 11.7 Å². The lowest BCUT2D eigenvalue weighted by atomic mass is 9.90. The van der Waals surface area contributed by atoms with E-state index in [1.165, 1.54) is 68.8 Å². The number of ether oxygens (including phenoxy) is 2. The third kappa shape index (κ3) is 3.23. The number of nitrogens with zero attached hydrogens (tertiary/aromatic N) is 1. The molecule has 126 valence electrons. The van der Waals surface area contributed by atoms with Crippen molar-refractivity contribution in [3.63, 3.8) is 0 Å². The molecule has 4 nitrogen and oxygen atoms in total. The molecule has 0 fully saturated rings. The summed E-state index contributed by atoms with van der Waals surface area (Å²) in [5.41, 5.74) is -2.96. The molecule has 0 saturated heterocycles. The third-order valence-corrected chi connectivity index (χ3v) is 3.54. The molecule has 7 heteroatoms. The summed E-state index contributed by atoms with van der Waals surface area (Å²) in [7, 11) is 2.86. The summed E-state index contributed by atoms with van der Waals surface area (Å²) in [5.74, 6) is 0.900. The molecular weight excluding hydrogens is 321 g/mol. The van der Waals surface area contributed by atoms with Crippen LogP contribution in [-0.2, 0) is 5.54 Å². The Morgan fingerprint density at radius 3 is 1.71 bits per heavy atom. The van der Waals surface area contributed by atoms with Crippen molar-refractivity contribution in [1.29, 1.82) is 5.26 Å². The smallest absolute Gasteiger partial charge is 0.429 e. The summed E-state index contributed by atoms with van der Waals surface area (Å²) < 4.78 is 51.1. The van der Waals surface area contributed by atoms with Crippen molar-refractivity contribution < 1.29 is 22.6 Å². The number of anilines is 1. The Bertz CT molecular complexity index is 721. The Balaban J connectivity index is 2.48. The van der Waals surface area contributed by atoms with Crippen LogP contribution in [0.5, 0.6) is 11.5 Å². The fourth-order valence-electron chi connectivity index (χ4n) is 2.19. The molecule has 24 heavy (non-hydrogen) atoms. The second kappa shape index (κ2) is 6.71. The Kier molecular flexibility index (Phi) is 4.88. The summed E-state index contributed by atoms with van der Waals surface area (Å²) in [4.78, 5) is 0. The molecule has 2 aromatic carbocycles. The maximum Gasteiger partial charge on any atom is 0.429 e. The molecule has 0 saturated carbocycles. The maximum atomic E-state index is 13.7. The lowest BCUT2D eigenvalue weighted by Crippen LogP contribution is -2.47. The number of nitriles is 1. The van der Waals surface area contributed by atoms with Gasteiger partial charge in [-0.1, -0.05) is 12.1 Å². The number of methoxy groups -OCH3 is 2. The van der Waals surface area contributed by atoms with Gasteiger partial charge in [-0.15, -0.1) is 0 Å². The van der Waals surface area contributed by atoms with Gasteiger partial charge >= 0.3 is 6.18 Å². The second-order valence-electron chi connectivity index (χ2n) is 4.94. The lowest BCUT2D eigenvalue weighted by molar-refractivity contribution is -0.165. The molecule has 0 radical (unpaired) electrons. The van der Waals surface area contributed by atoms with Crippen molar-refractivity contribution in [1.82, 2.24) is 0 Å². The first-order valence-corrected chi connectivity index (χ1v) is 6.91. The molecule has 0 aromatic heterocycles. The topological polar surface area (TPSA) is 54.3 Å². The van der Waals surface area contributed by atoms with Crippen molar-refractivity contribution >= 4 is 5.69 Å². The maximum absolute atomic E-state index is 13.7. The van der Waals surface area contributed by atoms with Gasteiger partial charge in [-0.05, 0) is 36.4 Å². The van der Waals surface area contributed by atoms with E-state index in [0.717, 1.165) is 0 Å². The molecule has 2 aromatic rings. The number of hydrogen-bond acceptors (Lipinski definition) is 4. The zero-order chi connectivity index (χ0) is 17.8. The van der Waals surface area contributed by atoms with E-state index in [4.69, 9.17) is 9.47 Å². The average molecular weight is 336 g/mol. The van der Waals surface area contributed by atoms with E-state index in [1.54, 1.807) is 0 Å². The lowest BCUT2D eigenvalue weighted by Gasteiger charge is -2.31. The summed E-state index contributed by atoms with van der Waals surface area (Å²) in [6, 6.07) is 12.4. The highest BCUT2D eigenvalue weighted by molar-refractivity contribution is 5.54. The Hall–Kier alpha value is -2.88. The number of halogens is 3. The van der Waals surface area contributed by atoms with Gasteiger partial charge in [0.05, 0.1) is 14.2 Å². The molecular formula is C17H15F3N2O2. The molecule has 2 rings (SSSR count). The zero-order valence-electron chi connectivity index (χ0n) is 13.0. The normalized spacial score (nSPS) is 13.5. The number of rotatable bonds is 5. The van der Waals surface area contributed by atoms with Gasteiger partial charge in [0.1, 0.15) is 17.6 Å². The van der Waals surface area contributed by atoms with Gasteiger partial charge in [0, 0.05) is 11.3 Å². The first-order valence-electron chi connectivity index (χ1n) is 6.91. The highest BCUT2D eigenvalue weighted by Crippen LogP contribution is 2.42. The van der Waals surface area contributed by atoms with Crippen LogP contribution in [-0.4, -0.2) is 20.4 Å². The fourth-order valence-corrected chi connectivity index (χ4v) is 2.19. The van der Waals surface area contributed by atoms with Crippen LogP contribution in [0.3, 0.4) is 0 Å². The Labute approximate surface area is 137 Å². The Morgan fingerprint density at radius 1 is 0.875 bits per heavy atom. The van der Waals surface area contributed by atoms with Gasteiger partial charge in [-0.3, -0.25) is 0 Å². The first kappa shape index (κ1) is 17.5. The van der Waals surface area contributed by atoms with Crippen LogP contribution in [0.4, 0.5) is 18.9 Å². The minimum absolute atomic E-state index is 0.144. The minimum Gasteiger partial charge on any atom is -0.497 e. The van der Waals surface area contributed by atoms with E-state index in [1.807, 2.05) is 0 Å².